The highest BCUT2D eigenvalue weighted by Gasteiger charge is 2.14. The van der Waals surface area contributed by atoms with E-state index in [9.17, 15) is 0 Å². The molecule has 2 aromatic carbocycles. The maximum Gasteiger partial charge on any atom is 0.127 e. The first kappa shape index (κ1) is 13.6. The summed E-state index contributed by atoms with van der Waals surface area (Å²) in [5.74, 6) is 1.70. The van der Waals surface area contributed by atoms with Gasteiger partial charge in [0.1, 0.15) is 11.5 Å². The summed E-state index contributed by atoms with van der Waals surface area (Å²) in [7, 11) is 0. The molecule has 100 valence electrons. The summed E-state index contributed by atoms with van der Waals surface area (Å²) in [6, 6.07) is 16.1. The first-order chi connectivity index (χ1) is 8.99. The van der Waals surface area contributed by atoms with Crippen LogP contribution in [0.2, 0.25) is 0 Å². The lowest BCUT2D eigenvalue weighted by Crippen LogP contribution is -2.10. The third kappa shape index (κ3) is 3.58. The van der Waals surface area contributed by atoms with E-state index < -0.39 is 0 Å². The van der Waals surface area contributed by atoms with Crippen molar-refractivity contribution in [2.75, 3.05) is 0 Å². The zero-order valence-electron chi connectivity index (χ0n) is 11.8. The number of nitrogens with two attached hydrogens (primary N) is 1. The van der Waals surface area contributed by atoms with Gasteiger partial charge in [0.15, 0.2) is 0 Å². The van der Waals surface area contributed by atoms with Crippen LogP contribution in [-0.2, 0) is 12.0 Å². The van der Waals surface area contributed by atoms with Crippen molar-refractivity contribution < 1.29 is 4.74 Å². The quantitative estimate of drug-likeness (QED) is 0.890. The predicted molar refractivity (Wildman–Crippen MR) is 79.5 cm³/mol. The molecule has 19 heavy (non-hydrogen) atoms. The van der Waals surface area contributed by atoms with E-state index >= 15 is 0 Å². The highest BCUT2D eigenvalue weighted by Crippen LogP contribution is 2.28. The first-order valence-electron chi connectivity index (χ1n) is 6.56. The fraction of sp³-hybridized carbons (Fsp3) is 0.294. The van der Waals surface area contributed by atoms with E-state index in [0.717, 1.165) is 17.1 Å². The molecule has 0 aliphatic heterocycles. The average molecular weight is 255 g/mol. The molecule has 0 fully saturated rings. The molecular weight excluding hydrogens is 234 g/mol. The monoisotopic (exact) mass is 255 g/mol. The first-order valence-corrected chi connectivity index (χ1v) is 6.56. The summed E-state index contributed by atoms with van der Waals surface area (Å²) in [5, 5.41) is 0. The third-order valence-corrected chi connectivity index (χ3v) is 3.09. The second-order valence-electron chi connectivity index (χ2n) is 5.73. The number of rotatable bonds is 3. The Morgan fingerprint density at radius 2 is 1.63 bits per heavy atom. The van der Waals surface area contributed by atoms with Gasteiger partial charge in [-0.05, 0) is 40.8 Å². The van der Waals surface area contributed by atoms with Gasteiger partial charge in [0.25, 0.3) is 0 Å². The molecule has 0 unspecified atom stereocenters. The van der Waals surface area contributed by atoms with Crippen molar-refractivity contribution >= 4 is 0 Å². The molecule has 0 aromatic heterocycles. The number of benzene rings is 2. The summed E-state index contributed by atoms with van der Waals surface area (Å²) in [6.07, 6.45) is 0. The molecule has 0 saturated carbocycles. The second-order valence-corrected chi connectivity index (χ2v) is 5.73. The SMILES string of the molecule is CC(C)(C)c1cccc(Oc2ccc(CN)cc2)c1. The Kier molecular flexibility index (Phi) is 3.91. The van der Waals surface area contributed by atoms with Crippen LogP contribution in [-0.4, -0.2) is 0 Å². The molecule has 2 heteroatoms. The van der Waals surface area contributed by atoms with Crippen LogP contribution in [0.15, 0.2) is 48.5 Å². The standard InChI is InChI=1S/C17H21NO/c1-17(2,3)14-5-4-6-16(11-14)19-15-9-7-13(12-18)8-10-15/h4-11H,12,18H2,1-3H3. The molecule has 0 aliphatic rings. The summed E-state index contributed by atoms with van der Waals surface area (Å²) in [6.45, 7) is 7.15. The molecule has 0 spiro atoms. The van der Waals surface area contributed by atoms with Crippen LogP contribution < -0.4 is 10.5 Å². The normalized spacial score (nSPS) is 11.4. The maximum atomic E-state index is 5.87. The molecular formula is C17H21NO. The van der Waals surface area contributed by atoms with Crippen LogP contribution in [0.3, 0.4) is 0 Å². The van der Waals surface area contributed by atoms with Crippen molar-refractivity contribution in [2.24, 2.45) is 5.73 Å². The molecule has 2 nitrogen and oxygen atoms in total. The van der Waals surface area contributed by atoms with E-state index in [0.29, 0.717) is 6.54 Å². The number of hydrogen-bond acceptors (Lipinski definition) is 2. The smallest absolute Gasteiger partial charge is 0.127 e. The lowest BCUT2D eigenvalue weighted by atomic mass is 9.87. The van der Waals surface area contributed by atoms with Crippen molar-refractivity contribution in [3.63, 3.8) is 0 Å². The van der Waals surface area contributed by atoms with Crippen LogP contribution in [0.4, 0.5) is 0 Å². The van der Waals surface area contributed by atoms with E-state index in [1.807, 2.05) is 36.4 Å². The largest absolute Gasteiger partial charge is 0.457 e. The van der Waals surface area contributed by atoms with Crippen molar-refractivity contribution in [2.45, 2.75) is 32.7 Å². The predicted octanol–water partition coefficient (Wildman–Crippen LogP) is 4.24. The molecule has 2 aromatic rings. The number of hydrogen-bond donors (Lipinski definition) is 1. The number of ether oxygens (including phenoxy) is 1. The highest BCUT2D eigenvalue weighted by atomic mass is 16.5. The van der Waals surface area contributed by atoms with Crippen molar-refractivity contribution in [3.8, 4) is 11.5 Å². The van der Waals surface area contributed by atoms with E-state index in [-0.39, 0.29) is 5.41 Å². The molecule has 0 aliphatic carbocycles. The topological polar surface area (TPSA) is 35.2 Å². The van der Waals surface area contributed by atoms with Crippen LogP contribution in [0.25, 0.3) is 0 Å². The van der Waals surface area contributed by atoms with Crippen LogP contribution in [0, 0.1) is 0 Å². The van der Waals surface area contributed by atoms with E-state index in [4.69, 9.17) is 10.5 Å². The molecule has 0 heterocycles. The summed E-state index contributed by atoms with van der Waals surface area (Å²) < 4.78 is 5.87. The molecule has 0 bridgehead atoms. The average Bonchev–Trinajstić information content (AvgIpc) is 2.39. The van der Waals surface area contributed by atoms with Gasteiger partial charge < -0.3 is 10.5 Å². The summed E-state index contributed by atoms with van der Waals surface area (Å²) in [5.41, 5.74) is 8.08. The Hall–Kier alpha value is -1.80. The van der Waals surface area contributed by atoms with Crippen molar-refractivity contribution in [1.82, 2.24) is 0 Å². The van der Waals surface area contributed by atoms with Gasteiger partial charge in [-0.3, -0.25) is 0 Å². The van der Waals surface area contributed by atoms with Crippen molar-refractivity contribution in [3.05, 3.63) is 59.7 Å². The van der Waals surface area contributed by atoms with Gasteiger partial charge >= 0.3 is 0 Å². The lowest BCUT2D eigenvalue weighted by Gasteiger charge is -2.19. The molecule has 0 atom stereocenters. The van der Waals surface area contributed by atoms with Gasteiger partial charge in [0.05, 0.1) is 0 Å². The van der Waals surface area contributed by atoms with Gasteiger partial charge in [0, 0.05) is 6.54 Å². The Bertz CT molecular complexity index is 538. The molecule has 2 N–H and O–H groups in total. The minimum Gasteiger partial charge on any atom is -0.457 e. The Balaban J connectivity index is 2.18. The third-order valence-electron chi connectivity index (χ3n) is 3.09. The molecule has 2 rings (SSSR count). The zero-order valence-corrected chi connectivity index (χ0v) is 11.8. The van der Waals surface area contributed by atoms with Gasteiger partial charge in [0.2, 0.25) is 0 Å². The highest BCUT2D eigenvalue weighted by molar-refractivity contribution is 5.37. The Morgan fingerprint density at radius 1 is 0.947 bits per heavy atom. The maximum absolute atomic E-state index is 5.87. The molecule has 0 amide bonds. The van der Waals surface area contributed by atoms with Crippen LogP contribution >= 0.6 is 0 Å². The second kappa shape index (κ2) is 5.45. The van der Waals surface area contributed by atoms with Gasteiger partial charge in [-0.2, -0.15) is 0 Å². The molecule has 0 saturated heterocycles. The molecule has 0 radical (unpaired) electrons. The zero-order chi connectivity index (χ0) is 13.9. The summed E-state index contributed by atoms with van der Waals surface area (Å²) >= 11 is 0. The lowest BCUT2D eigenvalue weighted by molar-refractivity contribution is 0.478. The fourth-order valence-electron chi connectivity index (χ4n) is 1.86. The minimum atomic E-state index is 0.128. The van der Waals surface area contributed by atoms with Crippen molar-refractivity contribution in [1.29, 1.82) is 0 Å². The Morgan fingerprint density at radius 3 is 2.21 bits per heavy atom. The Labute approximate surface area is 115 Å². The van der Waals surface area contributed by atoms with Gasteiger partial charge in [-0.25, -0.2) is 0 Å². The van der Waals surface area contributed by atoms with Crippen LogP contribution in [0.5, 0.6) is 11.5 Å². The van der Waals surface area contributed by atoms with Gasteiger partial charge in [-0.15, -0.1) is 0 Å². The van der Waals surface area contributed by atoms with Crippen LogP contribution in [0.1, 0.15) is 31.9 Å². The van der Waals surface area contributed by atoms with E-state index in [1.54, 1.807) is 0 Å². The fourth-order valence-corrected chi connectivity index (χ4v) is 1.86. The van der Waals surface area contributed by atoms with E-state index in [2.05, 4.69) is 32.9 Å². The minimum absolute atomic E-state index is 0.128. The summed E-state index contributed by atoms with van der Waals surface area (Å²) in [4.78, 5) is 0. The van der Waals surface area contributed by atoms with Gasteiger partial charge in [-0.1, -0.05) is 45.0 Å². The van der Waals surface area contributed by atoms with E-state index in [1.165, 1.54) is 5.56 Å².